The summed E-state index contributed by atoms with van der Waals surface area (Å²) in [5.74, 6) is -0.973. The van der Waals surface area contributed by atoms with Crippen LogP contribution in [-0.4, -0.2) is 37.5 Å². The van der Waals surface area contributed by atoms with E-state index < -0.39 is 5.92 Å². The lowest BCUT2D eigenvalue weighted by Crippen LogP contribution is -2.21. The first kappa shape index (κ1) is 20.5. The fourth-order valence-corrected chi connectivity index (χ4v) is 4.40. The number of aromatic amines is 4. The third kappa shape index (κ3) is 3.31. The number of ether oxygens (including phenoxy) is 1. The maximum absolute atomic E-state index is 12.8. The molecular formula is C22H25N5O4. The van der Waals surface area contributed by atoms with Gasteiger partial charge in [0.1, 0.15) is 6.54 Å². The Labute approximate surface area is 177 Å². The van der Waals surface area contributed by atoms with Crippen LogP contribution in [0.25, 0.3) is 10.9 Å². The summed E-state index contributed by atoms with van der Waals surface area (Å²) < 4.78 is 7.04. The third-order valence-corrected chi connectivity index (χ3v) is 5.76. The number of hydrogen-bond donors (Lipinski definition) is 4. The molecule has 4 N–H and O–H groups in total. The van der Waals surface area contributed by atoms with Gasteiger partial charge in [-0.05, 0) is 39.3 Å². The summed E-state index contributed by atoms with van der Waals surface area (Å²) in [7, 11) is 0. The molecule has 0 spiro atoms. The number of hydrogen-bond acceptors (Lipinski definition) is 4. The Morgan fingerprint density at radius 2 is 1.52 bits per heavy atom. The van der Waals surface area contributed by atoms with Gasteiger partial charge in [-0.25, -0.2) is 0 Å². The van der Waals surface area contributed by atoms with E-state index >= 15 is 0 Å². The number of aryl methyl sites for hydroxylation is 2. The predicted octanol–water partition coefficient (Wildman–Crippen LogP) is 2.34. The first-order chi connectivity index (χ1) is 14.8. The zero-order valence-corrected chi connectivity index (χ0v) is 17.9. The summed E-state index contributed by atoms with van der Waals surface area (Å²) in [6, 6.07) is 7.66. The monoisotopic (exact) mass is 423 g/mol. The number of nitrogens with zero attached hydrogens (tertiary/aromatic N) is 1. The minimum Gasteiger partial charge on any atom is -0.465 e. The van der Waals surface area contributed by atoms with E-state index in [1.807, 2.05) is 35.8 Å². The molecule has 3 heterocycles. The minimum absolute atomic E-state index is 0.0395. The summed E-state index contributed by atoms with van der Waals surface area (Å²) in [5.41, 5.74) is 4.09. The van der Waals surface area contributed by atoms with E-state index in [4.69, 9.17) is 4.74 Å². The average Bonchev–Trinajstić information content (AvgIpc) is 3.34. The van der Waals surface area contributed by atoms with Gasteiger partial charge in [0.2, 0.25) is 0 Å². The molecule has 162 valence electrons. The van der Waals surface area contributed by atoms with Crippen LogP contribution < -0.4 is 11.1 Å². The number of fused-ring (bicyclic) bond motifs is 1. The van der Waals surface area contributed by atoms with Crippen molar-refractivity contribution in [2.45, 2.75) is 40.2 Å². The number of nitrogens with one attached hydrogen (secondary N) is 4. The van der Waals surface area contributed by atoms with Gasteiger partial charge in [0.15, 0.2) is 0 Å². The van der Waals surface area contributed by atoms with Crippen molar-refractivity contribution in [3.63, 3.8) is 0 Å². The number of esters is 1. The standard InChI is InChI=1S/C22H25N5O4/c1-5-31-16(28)10-27-13(4)19(14-8-6-7-9-15(14)27)20(17-11(2)23-25-21(17)29)18-12(3)24-26-22(18)30/h6-9,20H,5,10H2,1-4H3,(H2,23,25,29)(H2,24,26,30). The molecule has 0 saturated carbocycles. The molecule has 0 unspecified atom stereocenters. The number of carbonyl (C=O) groups excluding carboxylic acids is 1. The maximum Gasteiger partial charge on any atom is 0.325 e. The van der Waals surface area contributed by atoms with Gasteiger partial charge in [0.05, 0.1) is 23.7 Å². The Morgan fingerprint density at radius 1 is 0.935 bits per heavy atom. The fourth-order valence-electron chi connectivity index (χ4n) is 4.40. The van der Waals surface area contributed by atoms with Gasteiger partial charge < -0.3 is 19.5 Å². The summed E-state index contributed by atoms with van der Waals surface area (Å²) in [5, 5.41) is 11.9. The Morgan fingerprint density at radius 3 is 2.03 bits per heavy atom. The Hall–Kier alpha value is -3.75. The number of aromatic nitrogens is 5. The van der Waals surface area contributed by atoms with Crippen LogP contribution in [0.2, 0.25) is 0 Å². The molecule has 3 aromatic heterocycles. The molecule has 0 radical (unpaired) electrons. The van der Waals surface area contributed by atoms with Gasteiger partial charge in [-0.3, -0.25) is 24.6 Å². The molecule has 0 fully saturated rings. The normalized spacial score (nSPS) is 11.5. The topological polar surface area (TPSA) is 129 Å². The Balaban J connectivity index is 2.06. The highest BCUT2D eigenvalue weighted by Crippen LogP contribution is 2.39. The summed E-state index contributed by atoms with van der Waals surface area (Å²) >= 11 is 0. The second kappa shape index (κ2) is 7.82. The van der Waals surface area contributed by atoms with E-state index in [2.05, 4.69) is 20.4 Å². The average molecular weight is 423 g/mol. The van der Waals surface area contributed by atoms with Crippen molar-refractivity contribution in [2.24, 2.45) is 0 Å². The zero-order chi connectivity index (χ0) is 22.3. The number of benzene rings is 1. The molecule has 9 nitrogen and oxygen atoms in total. The van der Waals surface area contributed by atoms with E-state index in [0.29, 0.717) is 29.1 Å². The van der Waals surface area contributed by atoms with Gasteiger partial charge in [-0.1, -0.05) is 18.2 Å². The van der Waals surface area contributed by atoms with Crippen molar-refractivity contribution in [3.05, 3.63) is 78.7 Å². The van der Waals surface area contributed by atoms with E-state index in [0.717, 1.165) is 22.2 Å². The second-order valence-corrected chi connectivity index (χ2v) is 7.58. The highest BCUT2D eigenvalue weighted by Gasteiger charge is 2.32. The van der Waals surface area contributed by atoms with Crippen molar-refractivity contribution in [2.75, 3.05) is 6.61 Å². The molecule has 31 heavy (non-hydrogen) atoms. The fraction of sp³-hybridized carbons (Fsp3) is 0.318. The van der Waals surface area contributed by atoms with Crippen LogP contribution in [0.4, 0.5) is 0 Å². The van der Waals surface area contributed by atoms with Crippen LogP contribution in [0.1, 0.15) is 46.6 Å². The summed E-state index contributed by atoms with van der Waals surface area (Å²) in [6.07, 6.45) is 0. The molecular weight excluding hydrogens is 398 g/mol. The zero-order valence-electron chi connectivity index (χ0n) is 17.9. The third-order valence-electron chi connectivity index (χ3n) is 5.76. The van der Waals surface area contributed by atoms with Gasteiger partial charge in [0.25, 0.3) is 11.1 Å². The van der Waals surface area contributed by atoms with E-state index in [-0.39, 0.29) is 23.6 Å². The highest BCUT2D eigenvalue weighted by atomic mass is 16.5. The van der Waals surface area contributed by atoms with E-state index in [1.165, 1.54) is 0 Å². The molecule has 4 aromatic rings. The maximum atomic E-state index is 12.8. The van der Waals surface area contributed by atoms with Crippen molar-refractivity contribution in [3.8, 4) is 0 Å². The lowest BCUT2D eigenvalue weighted by Gasteiger charge is -2.17. The van der Waals surface area contributed by atoms with Crippen molar-refractivity contribution in [1.82, 2.24) is 25.0 Å². The molecule has 0 amide bonds. The smallest absolute Gasteiger partial charge is 0.325 e. The van der Waals surface area contributed by atoms with E-state index in [1.54, 1.807) is 20.8 Å². The number of para-hydroxylation sites is 1. The molecule has 0 aliphatic rings. The van der Waals surface area contributed by atoms with E-state index in [9.17, 15) is 14.4 Å². The second-order valence-electron chi connectivity index (χ2n) is 7.58. The van der Waals surface area contributed by atoms with Crippen molar-refractivity contribution in [1.29, 1.82) is 0 Å². The molecule has 9 heteroatoms. The van der Waals surface area contributed by atoms with Crippen LogP contribution in [-0.2, 0) is 16.1 Å². The highest BCUT2D eigenvalue weighted by molar-refractivity contribution is 5.88. The largest absolute Gasteiger partial charge is 0.465 e. The predicted molar refractivity (Wildman–Crippen MR) is 117 cm³/mol. The molecule has 4 rings (SSSR count). The van der Waals surface area contributed by atoms with Crippen LogP contribution in [0, 0.1) is 20.8 Å². The minimum atomic E-state index is -0.627. The van der Waals surface area contributed by atoms with Gasteiger partial charge >= 0.3 is 5.97 Å². The van der Waals surface area contributed by atoms with Gasteiger partial charge in [-0.15, -0.1) is 0 Å². The van der Waals surface area contributed by atoms with Crippen LogP contribution >= 0.6 is 0 Å². The van der Waals surface area contributed by atoms with Crippen molar-refractivity contribution < 1.29 is 9.53 Å². The molecule has 0 bridgehead atoms. The van der Waals surface area contributed by atoms with Crippen LogP contribution in [0.5, 0.6) is 0 Å². The number of H-pyrrole nitrogens is 4. The molecule has 0 aliphatic carbocycles. The lowest BCUT2D eigenvalue weighted by atomic mass is 9.84. The molecule has 1 aromatic carbocycles. The number of carbonyl (C=O) groups is 1. The van der Waals surface area contributed by atoms with Crippen LogP contribution in [0.15, 0.2) is 33.9 Å². The SMILES string of the molecule is CCOC(=O)Cn1c(C)c(C(c2c(C)[nH][nH]c2=O)c2c(C)[nH][nH]c2=O)c2ccccc21. The van der Waals surface area contributed by atoms with Gasteiger partial charge in [-0.2, -0.15) is 0 Å². The molecule has 0 aliphatic heterocycles. The Kier molecular flexibility index (Phi) is 5.18. The molecule has 0 saturated heterocycles. The molecule has 0 atom stereocenters. The quantitative estimate of drug-likeness (QED) is 0.355. The lowest BCUT2D eigenvalue weighted by molar-refractivity contribution is -0.143. The number of rotatable bonds is 6. The summed E-state index contributed by atoms with van der Waals surface area (Å²) in [4.78, 5) is 37.9. The van der Waals surface area contributed by atoms with Gasteiger partial charge in [0, 0.05) is 28.0 Å². The van der Waals surface area contributed by atoms with Crippen molar-refractivity contribution >= 4 is 16.9 Å². The first-order valence-electron chi connectivity index (χ1n) is 10.1. The summed E-state index contributed by atoms with van der Waals surface area (Å²) in [6.45, 7) is 7.59. The Bertz CT molecular complexity index is 1330. The first-order valence-corrected chi connectivity index (χ1v) is 10.1. The van der Waals surface area contributed by atoms with Crippen LogP contribution in [0.3, 0.4) is 0 Å².